The van der Waals surface area contributed by atoms with Crippen molar-refractivity contribution in [1.82, 2.24) is 4.98 Å². The Balaban J connectivity index is 1.65. The third kappa shape index (κ3) is 4.56. The van der Waals surface area contributed by atoms with Gasteiger partial charge >= 0.3 is 0 Å². The average molecular weight is 400 g/mol. The first-order chi connectivity index (χ1) is 14.8. The van der Waals surface area contributed by atoms with Gasteiger partial charge in [-0.15, -0.1) is 6.58 Å². The van der Waals surface area contributed by atoms with Crippen molar-refractivity contribution in [3.8, 4) is 22.8 Å². The van der Waals surface area contributed by atoms with Crippen LogP contribution in [0.5, 0.6) is 11.5 Å². The van der Waals surface area contributed by atoms with E-state index in [1.54, 1.807) is 7.11 Å². The summed E-state index contributed by atoms with van der Waals surface area (Å²) in [5.74, 6) is 1.82. The van der Waals surface area contributed by atoms with Crippen LogP contribution < -0.4 is 9.47 Å². The van der Waals surface area contributed by atoms with Gasteiger partial charge in [0, 0.05) is 17.7 Å². The van der Waals surface area contributed by atoms with Crippen molar-refractivity contribution < 1.29 is 9.47 Å². The SMILES string of the molecule is C=C[C@@H](Cc1cccnc1-c1ccc(OC)c(OC2CCCC2)c1)c1ccccc1. The zero-order valence-electron chi connectivity index (χ0n) is 17.6. The number of methoxy groups -OCH3 is 1. The second-order valence-electron chi connectivity index (χ2n) is 7.86. The molecule has 1 heterocycles. The molecule has 154 valence electrons. The lowest BCUT2D eigenvalue weighted by molar-refractivity contribution is 0.201. The molecule has 1 aromatic heterocycles. The maximum atomic E-state index is 6.30. The van der Waals surface area contributed by atoms with Crippen molar-refractivity contribution in [3.63, 3.8) is 0 Å². The molecule has 0 amide bonds. The summed E-state index contributed by atoms with van der Waals surface area (Å²) in [6, 6.07) is 20.8. The Morgan fingerprint density at radius 2 is 1.83 bits per heavy atom. The first kappa shape index (κ1) is 20.2. The van der Waals surface area contributed by atoms with Gasteiger partial charge in [0.25, 0.3) is 0 Å². The van der Waals surface area contributed by atoms with Gasteiger partial charge in [0.2, 0.25) is 0 Å². The third-order valence-electron chi connectivity index (χ3n) is 5.88. The summed E-state index contributed by atoms with van der Waals surface area (Å²) < 4.78 is 11.9. The highest BCUT2D eigenvalue weighted by molar-refractivity contribution is 5.67. The Morgan fingerprint density at radius 3 is 2.57 bits per heavy atom. The van der Waals surface area contributed by atoms with Crippen molar-refractivity contribution in [2.24, 2.45) is 0 Å². The van der Waals surface area contributed by atoms with Crippen LogP contribution in [-0.2, 0) is 6.42 Å². The van der Waals surface area contributed by atoms with Crippen LogP contribution in [-0.4, -0.2) is 18.2 Å². The predicted octanol–water partition coefficient (Wildman–Crippen LogP) is 6.59. The Kier molecular flexibility index (Phi) is 6.48. The van der Waals surface area contributed by atoms with E-state index in [0.29, 0.717) is 0 Å². The van der Waals surface area contributed by atoms with Crippen LogP contribution in [0.25, 0.3) is 11.3 Å². The van der Waals surface area contributed by atoms with Gasteiger partial charge in [-0.05, 0) is 67.5 Å². The molecule has 3 aromatic rings. The highest BCUT2D eigenvalue weighted by atomic mass is 16.5. The van der Waals surface area contributed by atoms with Crippen molar-refractivity contribution in [1.29, 1.82) is 0 Å². The van der Waals surface area contributed by atoms with Gasteiger partial charge in [-0.2, -0.15) is 0 Å². The van der Waals surface area contributed by atoms with Crippen LogP contribution in [0.3, 0.4) is 0 Å². The van der Waals surface area contributed by atoms with E-state index in [9.17, 15) is 0 Å². The smallest absolute Gasteiger partial charge is 0.162 e. The van der Waals surface area contributed by atoms with Gasteiger partial charge in [0.1, 0.15) is 0 Å². The maximum absolute atomic E-state index is 6.30. The van der Waals surface area contributed by atoms with Crippen LogP contribution in [0, 0.1) is 0 Å². The number of ether oxygens (including phenoxy) is 2. The zero-order valence-corrected chi connectivity index (χ0v) is 17.6. The first-order valence-corrected chi connectivity index (χ1v) is 10.7. The molecule has 0 spiro atoms. The molecule has 4 rings (SSSR count). The fourth-order valence-corrected chi connectivity index (χ4v) is 4.24. The normalized spacial score (nSPS) is 15.0. The van der Waals surface area contributed by atoms with E-state index >= 15 is 0 Å². The van der Waals surface area contributed by atoms with E-state index < -0.39 is 0 Å². The number of allylic oxidation sites excluding steroid dienone is 1. The van der Waals surface area contributed by atoms with E-state index in [1.165, 1.54) is 24.0 Å². The quantitative estimate of drug-likeness (QED) is 0.400. The molecule has 1 aliphatic carbocycles. The fourth-order valence-electron chi connectivity index (χ4n) is 4.24. The molecule has 0 aliphatic heterocycles. The van der Waals surface area contributed by atoms with Crippen LogP contribution >= 0.6 is 0 Å². The summed E-state index contributed by atoms with van der Waals surface area (Å²) >= 11 is 0. The van der Waals surface area contributed by atoms with Gasteiger partial charge in [-0.3, -0.25) is 4.98 Å². The van der Waals surface area contributed by atoms with Crippen LogP contribution in [0.4, 0.5) is 0 Å². The van der Waals surface area contributed by atoms with Gasteiger partial charge in [-0.1, -0.05) is 42.5 Å². The van der Waals surface area contributed by atoms with Crippen LogP contribution in [0.15, 0.2) is 79.5 Å². The van der Waals surface area contributed by atoms with Gasteiger partial charge < -0.3 is 9.47 Å². The molecule has 0 N–H and O–H groups in total. The number of pyridine rings is 1. The zero-order chi connectivity index (χ0) is 20.8. The summed E-state index contributed by atoms with van der Waals surface area (Å²) in [7, 11) is 1.69. The molecule has 0 bridgehead atoms. The van der Waals surface area contributed by atoms with E-state index in [4.69, 9.17) is 14.5 Å². The Bertz CT molecular complexity index is 977. The molecule has 2 aromatic carbocycles. The molecule has 1 fully saturated rings. The highest BCUT2D eigenvalue weighted by Crippen LogP contribution is 2.36. The summed E-state index contributed by atoms with van der Waals surface area (Å²) in [6.07, 6.45) is 9.70. The van der Waals surface area contributed by atoms with E-state index in [0.717, 1.165) is 42.0 Å². The lowest BCUT2D eigenvalue weighted by atomic mass is 9.90. The molecular formula is C27H29NO2. The molecule has 1 saturated carbocycles. The largest absolute Gasteiger partial charge is 0.493 e. The minimum atomic E-state index is 0.238. The number of hydrogen-bond acceptors (Lipinski definition) is 3. The van der Waals surface area contributed by atoms with Crippen molar-refractivity contribution in [3.05, 3.63) is 90.6 Å². The van der Waals surface area contributed by atoms with E-state index in [-0.39, 0.29) is 12.0 Å². The Hall–Kier alpha value is -3.07. The van der Waals surface area contributed by atoms with Crippen LogP contribution in [0.2, 0.25) is 0 Å². The Morgan fingerprint density at radius 1 is 1.03 bits per heavy atom. The molecule has 30 heavy (non-hydrogen) atoms. The maximum Gasteiger partial charge on any atom is 0.162 e. The minimum absolute atomic E-state index is 0.238. The first-order valence-electron chi connectivity index (χ1n) is 10.7. The lowest BCUT2D eigenvalue weighted by Gasteiger charge is -2.18. The van der Waals surface area contributed by atoms with Crippen molar-refractivity contribution in [2.75, 3.05) is 7.11 Å². The molecule has 0 saturated heterocycles. The van der Waals surface area contributed by atoms with Gasteiger partial charge in [-0.25, -0.2) is 0 Å². The average Bonchev–Trinajstić information content (AvgIpc) is 3.31. The van der Waals surface area contributed by atoms with E-state index in [1.807, 2.05) is 30.5 Å². The lowest BCUT2D eigenvalue weighted by Crippen LogP contribution is -2.11. The highest BCUT2D eigenvalue weighted by Gasteiger charge is 2.20. The van der Waals surface area contributed by atoms with Gasteiger partial charge in [0.15, 0.2) is 11.5 Å². The molecule has 1 atom stereocenters. The Labute approximate surface area is 179 Å². The summed E-state index contributed by atoms with van der Waals surface area (Å²) in [5.41, 5.74) is 4.50. The molecule has 0 unspecified atom stereocenters. The molecule has 3 heteroatoms. The standard InChI is InChI=1S/C27H29NO2/c1-3-20(21-10-5-4-6-11-21)18-22-12-9-17-28-27(22)23-15-16-25(29-2)26(19-23)30-24-13-7-8-14-24/h3-6,9-12,15-17,19-20,24H,1,7-8,13-14,18H2,2H3/t20-/m0/s1. The fraction of sp³-hybridized carbons (Fsp3) is 0.296. The topological polar surface area (TPSA) is 31.4 Å². The summed E-state index contributed by atoms with van der Waals surface area (Å²) in [4.78, 5) is 4.73. The predicted molar refractivity (Wildman–Crippen MR) is 122 cm³/mol. The number of rotatable bonds is 8. The van der Waals surface area contributed by atoms with Gasteiger partial charge in [0.05, 0.1) is 18.9 Å². The summed E-state index contributed by atoms with van der Waals surface area (Å²) in [5, 5.41) is 0. The van der Waals surface area contributed by atoms with Crippen molar-refractivity contribution in [2.45, 2.75) is 44.1 Å². The number of aromatic nitrogens is 1. The number of nitrogens with zero attached hydrogens (tertiary/aromatic N) is 1. The molecule has 1 aliphatic rings. The molecule has 3 nitrogen and oxygen atoms in total. The second-order valence-corrected chi connectivity index (χ2v) is 7.86. The number of benzene rings is 2. The monoisotopic (exact) mass is 399 g/mol. The second kappa shape index (κ2) is 9.62. The number of hydrogen-bond donors (Lipinski definition) is 0. The molecular weight excluding hydrogens is 370 g/mol. The third-order valence-corrected chi connectivity index (χ3v) is 5.88. The van der Waals surface area contributed by atoms with E-state index in [2.05, 4.69) is 49.0 Å². The molecule has 0 radical (unpaired) electrons. The van der Waals surface area contributed by atoms with Crippen LogP contribution in [0.1, 0.15) is 42.7 Å². The minimum Gasteiger partial charge on any atom is -0.493 e. The summed E-state index contributed by atoms with van der Waals surface area (Å²) in [6.45, 7) is 4.07. The van der Waals surface area contributed by atoms with Crippen molar-refractivity contribution >= 4 is 0 Å².